The lowest BCUT2D eigenvalue weighted by Gasteiger charge is -2.44. The summed E-state index contributed by atoms with van der Waals surface area (Å²) in [7, 11) is 0. The lowest BCUT2D eigenvalue weighted by Crippen LogP contribution is -2.57. The summed E-state index contributed by atoms with van der Waals surface area (Å²) in [5, 5.41) is 0. The van der Waals surface area contributed by atoms with Crippen molar-refractivity contribution in [2.24, 2.45) is 5.41 Å². The number of ether oxygens (including phenoxy) is 2. The van der Waals surface area contributed by atoms with Crippen LogP contribution in [0.5, 0.6) is 11.5 Å². The van der Waals surface area contributed by atoms with Crippen LogP contribution in [-0.4, -0.2) is 65.2 Å². The van der Waals surface area contributed by atoms with Gasteiger partial charge in [0.2, 0.25) is 12.7 Å². The molecule has 1 saturated carbocycles. The fraction of sp³-hybridized carbons (Fsp3) is 0.625. The lowest BCUT2D eigenvalue weighted by molar-refractivity contribution is -0.143. The van der Waals surface area contributed by atoms with Gasteiger partial charge in [0.1, 0.15) is 0 Å². The Morgan fingerprint density at radius 1 is 0.968 bits per heavy atom. The number of nitrogens with zero attached hydrogens (tertiary/aromatic N) is 4. The first kappa shape index (κ1) is 19.3. The molecule has 4 aliphatic rings. The molecule has 2 aliphatic heterocycles. The zero-order valence-corrected chi connectivity index (χ0v) is 18.8. The van der Waals surface area contributed by atoms with E-state index < -0.39 is 5.41 Å². The second-order valence-corrected chi connectivity index (χ2v) is 10.2. The van der Waals surface area contributed by atoms with Crippen LogP contribution in [0.3, 0.4) is 0 Å². The third-order valence-electron chi connectivity index (χ3n) is 9.00. The maximum absolute atomic E-state index is 14.2. The monoisotopic (exact) mass is 422 g/mol. The summed E-state index contributed by atoms with van der Waals surface area (Å²) in [6, 6.07) is 3.83. The quantitative estimate of drug-likeness (QED) is 0.741. The molecule has 7 heteroatoms. The number of benzene rings is 1. The molecular formula is C24H30N4O3. The Kier molecular flexibility index (Phi) is 3.79. The van der Waals surface area contributed by atoms with Gasteiger partial charge in [-0.3, -0.25) is 4.79 Å². The van der Waals surface area contributed by atoms with E-state index in [9.17, 15) is 4.79 Å². The van der Waals surface area contributed by atoms with Gasteiger partial charge in [0.25, 0.3) is 0 Å². The zero-order valence-electron chi connectivity index (χ0n) is 18.8. The predicted octanol–water partition coefficient (Wildman–Crippen LogP) is 2.85. The Hall–Kier alpha value is -2.41. The van der Waals surface area contributed by atoms with Crippen molar-refractivity contribution >= 4 is 16.9 Å². The first-order valence-corrected chi connectivity index (χ1v) is 11.5. The van der Waals surface area contributed by atoms with Gasteiger partial charge >= 0.3 is 0 Å². The molecule has 0 N–H and O–H groups in total. The smallest absolute Gasteiger partial charge is 0.235 e. The van der Waals surface area contributed by atoms with Crippen molar-refractivity contribution in [1.29, 1.82) is 0 Å². The van der Waals surface area contributed by atoms with Gasteiger partial charge < -0.3 is 19.3 Å². The Morgan fingerprint density at radius 2 is 1.58 bits per heavy atom. The summed E-state index contributed by atoms with van der Waals surface area (Å²) >= 11 is 0. The normalized spacial score (nSPS) is 30.8. The molecule has 164 valence electrons. The van der Waals surface area contributed by atoms with Crippen LogP contribution >= 0.6 is 0 Å². The number of piperazine rings is 1. The number of hydrogen-bond donors (Lipinski definition) is 0. The van der Waals surface area contributed by atoms with Gasteiger partial charge in [-0.1, -0.05) is 27.7 Å². The van der Waals surface area contributed by atoms with E-state index in [0.29, 0.717) is 11.5 Å². The number of carbonyl (C=O) groups is 1. The van der Waals surface area contributed by atoms with E-state index in [-0.39, 0.29) is 23.5 Å². The second kappa shape index (κ2) is 6.09. The SMILES string of the molecule is CCN1CCN(C(=O)C23CCC(C)(c4nc5cc6c(cc5nc42)OCO6)C3(C)C)CC1. The standard InChI is InChI=1S/C24H30N4O3/c1-5-27-8-10-28(11-9-27)21(29)24-7-6-23(4,22(24,2)3)19-20(24)26-16-13-18-17(30-14-31-18)12-15(16)25-19/h12-13H,5-11,14H2,1-4H3. The van der Waals surface area contributed by atoms with Crippen molar-refractivity contribution < 1.29 is 14.3 Å². The van der Waals surface area contributed by atoms with Gasteiger partial charge in [-0.15, -0.1) is 0 Å². The number of carbonyl (C=O) groups excluding carboxylic acids is 1. The van der Waals surface area contributed by atoms with Crippen LogP contribution in [0.15, 0.2) is 12.1 Å². The molecular weight excluding hydrogens is 392 g/mol. The molecule has 6 rings (SSSR count). The van der Waals surface area contributed by atoms with E-state index in [1.807, 2.05) is 12.1 Å². The maximum Gasteiger partial charge on any atom is 0.235 e. The highest BCUT2D eigenvalue weighted by atomic mass is 16.7. The summed E-state index contributed by atoms with van der Waals surface area (Å²) in [5.41, 5.74) is 2.42. The first-order chi connectivity index (χ1) is 14.8. The van der Waals surface area contributed by atoms with Gasteiger partial charge in [-0.05, 0) is 24.8 Å². The molecule has 2 aromatic rings. The minimum atomic E-state index is -0.622. The summed E-state index contributed by atoms with van der Waals surface area (Å²) in [5.74, 6) is 1.66. The molecule has 3 heterocycles. The fourth-order valence-corrected chi connectivity index (χ4v) is 6.50. The molecule has 2 fully saturated rings. The molecule has 1 amide bonds. The highest BCUT2D eigenvalue weighted by Gasteiger charge is 2.73. The average Bonchev–Trinajstić information content (AvgIpc) is 3.35. The Bertz CT molecular complexity index is 1110. The summed E-state index contributed by atoms with van der Waals surface area (Å²) in [4.78, 5) is 28.9. The zero-order chi connectivity index (χ0) is 21.6. The number of rotatable bonds is 2. The van der Waals surface area contributed by atoms with Crippen LogP contribution in [0.25, 0.3) is 11.0 Å². The predicted molar refractivity (Wildman–Crippen MR) is 116 cm³/mol. The molecule has 0 spiro atoms. The minimum Gasteiger partial charge on any atom is -0.454 e. The van der Waals surface area contributed by atoms with Gasteiger partial charge in [-0.25, -0.2) is 9.97 Å². The third-order valence-corrected chi connectivity index (χ3v) is 9.00. The minimum absolute atomic E-state index is 0.180. The summed E-state index contributed by atoms with van der Waals surface area (Å²) in [6.07, 6.45) is 1.79. The van der Waals surface area contributed by atoms with Crippen molar-refractivity contribution in [3.05, 3.63) is 23.5 Å². The van der Waals surface area contributed by atoms with E-state index in [1.165, 1.54) is 0 Å². The van der Waals surface area contributed by atoms with Crippen LogP contribution in [0.4, 0.5) is 0 Å². The first-order valence-electron chi connectivity index (χ1n) is 11.5. The van der Waals surface area contributed by atoms with Gasteiger partial charge in [0, 0.05) is 43.7 Å². The molecule has 31 heavy (non-hydrogen) atoms. The van der Waals surface area contributed by atoms with Crippen molar-refractivity contribution in [3.8, 4) is 11.5 Å². The van der Waals surface area contributed by atoms with E-state index >= 15 is 0 Å². The van der Waals surface area contributed by atoms with E-state index in [2.05, 4.69) is 37.5 Å². The van der Waals surface area contributed by atoms with Crippen molar-refractivity contribution in [2.75, 3.05) is 39.5 Å². The number of aromatic nitrogens is 2. The van der Waals surface area contributed by atoms with Crippen LogP contribution < -0.4 is 9.47 Å². The highest BCUT2D eigenvalue weighted by Crippen LogP contribution is 2.70. The fourth-order valence-electron chi connectivity index (χ4n) is 6.50. The van der Waals surface area contributed by atoms with E-state index in [4.69, 9.17) is 19.4 Å². The van der Waals surface area contributed by atoms with Crippen LogP contribution in [0.1, 0.15) is 51.9 Å². The molecule has 2 bridgehead atoms. The van der Waals surface area contributed by atoms with Gasteiger partial charge in [0.05, 0.1) is 27.8 Å². The molecule has 1 aromatic heterocycles. The maximum atomic E-state index is 14.2. The number of likely N-dealkylation sites (N-methyl/N-ethyl adjacent to an activating group) is 1. The van der Waals surface area contributed by atoms with E-state index in [1.54, 1.807) is 0 Å². The molecule has 2 unspecified atom stereocenters. The molecule has 7 nitrogen and oxygen atoms in total. The Labute approximate surface area is 182 Å². The Morgan fingerprint density at radius 3 is 2.19 bits per heavy atom. The van der Waals surface area contributed by atoms with Crippen molar-refractivity contribution in [1.82, 2.24) is 19.8 Å². The number of fused-ring (bicyclic) bond motifs is 7. The summed E-state index contributed by atoms with van der Waals surface area (Å²) in [6.45, 7) is 13.7. The Balaban J connectivity index is 1.50. The third kappa shape index (κ3) is 2.20. The number of hydrogen-bond acceptors (Lipinski definition) is 6. The highest BCUT2D eigenvalue weighted by molar-refractivity contribution is 5.93. The van der Waals surface area contributed by atoms with Crippen LogP contribution in [0, 0.1) is 5.41 Å². The molecule has 0 radical (unpaired) electrons. The molecule has 2 aliphatic carbocycles. The van der Waals surface area contributed by atoms with Crippen molar-refractivity contribution in [3.63, 3.8) is 0 Å². The van der Waals surface area contributed by atoms with Gasteiger partial charge in [0.15, 0.2) is 11.5 Å². The van der Waals surface area contributed by atoms with E-state index in [0.717, 1.165) is 68.0 Å². The number of amides is 1. The van der Waals surface area contributed by atoms with Gasteiger partial charge in [-0.2, -0.15) is 0 Å². The van der Waals surface area contributed by atoms with Crippen LogP contribution in [0.2, 0.25) is 0 Å². The summed E-state index contributed by atoms with van der Waals surface area (Å²) < 4.78 is 11.1. The van der Waals surface area contributed by atoms with Crippen LogP contribution in [-0.2, 0) is 15.6 Å². The molecule has 1 saturated heterocycles. The van der Waals surface area contributed by atoms with Crippen molar-refractivity contribution in [2.45, 2.75) is 51.4 Å². The largest absolute Gasteiger partial charge is 0.454 e. The molecule has 2 atom stereocenters. The topological polar surface area (TPSA) is 67.8 Å². The molecule has 1 aromatic carbocycles. The second-order valence-electron chi connectivity index (χ2n) is 10.2. The lowest BCUT2D eigenvalue weighted by atomic mass is 9.63. The average molecular weight is 423 g/mol.